The van der Waals surface area contributed by atoms with Gasteiger partial charge in [-0.05, 0) is 36.2 Å². The van der Waals surface area contributed by atoms with Crippen LogP contribution in [0, 0.1) is 12.7 Å². The van der Waals surface area contributed by atoms with Gasteiger partial charge in [-0.3, -0.25) is 0 Å². The Labute approximate surface area is 125 Å². The standard InChI is InChI=1S/C17H21FN2O/c1-12-6-4-5-7-16(12)20(2)11-15(19)13-8-9-17(21-3)14(18)10-13/h4-10,15H,11,19H2,1-3H3. The smallest absolute Gasteiger partial charge is 0.165 e. The summed E-state index contributed by atoms with van der Waals surface area (Å²) in [7, 11) is 3.44. The van der Waals surface area contributed by atoms with E-state index in [2.05, 4.69) is 24.0 Å². The molecule has 0 fully saturated rings. The van der Waals surface area contributed by atoms with Crippen LogP contribution in [-0.4, -0.2) is 20.7 Å². The molecule has 112 valence electrons. The third kappa shape index (κ3) is 3.52. The second kappa shape index (κ2) is 6.59. The summed E-state index contributed by atoms with van der Waals surface area (Å²) in [5, 5.41) is 0. The number of nitrogens with zero attached hydrogens (tertiary/aromatic N) is 1. The van der Waals surface area contributed by atoms with Gasteiger partial charge in [0, 0.05) is 25.3 Å². The lowest BCUT2D eigenvalue weighted by Gasteiger charge is -2.25. The first kappa shape index (κ1) is 15.3. The first-order valence-corrected chi connectivity index (χ1v) is 6.88. The SMILES string of the molecule is COc1ccc(C(N)CN(C)c2ccccc2C)cc1F. The van der Waals surface area contributed by atoms with E-state index in [4.69, 9.17) is 10.5 Å². The lowest BCUT2D eigenvalue weighted by molar-refractivity contribution is 0.386. The van der Waals surface area contributed by atoms with Crippen molar-refractivity contribution in [2.45, 2.75) is 13.0 Å². The van der Waals surface area contributed by atoms with Crippen molar-refractivity contribution in [1.82, 2.24) is 0 Å². The fraction of sp³-hybridized carbons (Fsp3) is 0.294. The van der Waals surface area contributed by atoms with E-state index in [1.54, 1.807) is 12.1 Å². The van der Waals surface area contributed by atoms with Crippen molar-refractivity contribution in [3.05, 3.63) is 59.4 Å². The molecular weight excluding hydrogens is 267 g/mol. The Kier molecular flexibility index (Phi) is 4.81. The van der Waals surface area contributed by atoms with Crippen molar-refractivity contribution < 1.29 is 9.13 Å². The molecule has 1 atom stereocenters. The topological polar surface area (TPSA) is 38.5 Å². The van der Waals surface area contributed by atoms with Gasteiger partial charge in [-0.15, -0.1) is 0 Å². The molecule has 2 aromatic rings. The summed E-state index contributed by atoms with van der Waals surface area (Å²) in [6.45, 7) is 2.67. The normalized spacial score (nSPS) is 12.0. The van der Waals surface area contributed by atoms with Gasteiger partial charge in [-0.25, -0.2) is 4.39 Å². The van der Waals surface area contributed by atoms with Crippen molar-refractivity contribution in [3.63, 3.8) is 0 Å². The van der Waals surface area contributed by atoms with Gasteiger partial charge in [-0.2, -0.15) is 0 Å². The van der Waals surface area contributed by atoms with E-state index in [1.165, 1.54) is 18.7 Å². The number of ether oxygens (including phenoxy) is 1. The third-order valence-electron chi connectivity index (χ3n) is 3.60. The molecule has 0 bridgehead atoms. The van der Waals surface area contributed by atoms with E-state index in [1.807, 2.05) is 19.2 Å². The number of halogens is 1. The zero-order valence-corrected chi connectivity index (χ0v) is 12.6. The van der Waals surface area contributed by atoms with E-state index in [-0.39, 0.29) is 17.6 Å². The zero-order chi connectivity index (χ0) is 15.4. The summed E-state index contributed by atoms with van der Waals surface area (Å²) in [5.74, 6) is -0.151. The molecule has 1 unspecified atom stereocenters. The Bertz CT molecular complexity index is 615. The van der Waals surface area contributed by atoms with Crippen LogP contribution < -0.4 is 15.4 Å². The van der Waals surface area contributed by atoms with E-state index in [9.17, 15) is 4.39 Å². The zero-order valence-electron chi connectivity index (χ0n) is 12.6. The van der Waals surface area contributed by atoms with Crippen LogP contribution >= 0.6 is 0 Å². The molecule has 4 heteroatoms. The lowest BCUT2D eigenvalue weighted by Crippen LogP contribution is -2.29. The quantitative estimate of drug-likeness (QED) is 0.917. The molecular formula is C17H21FN2O. The number of para-hydroxylation sites is 1. The average Bonchev–Trinajstić information content (AvgIpc) is 2.47. The highest BCUT2D eigenvalue weighted by Gasteiger charge is 2.13. The average molecular weight is 288 g/mol. The van der Waals surface area contributed by atoms with Crippen LogP contribution in [0.4, 0.5) is 10.1 Å². The minimum atomic E-state index is -0.385. The molecule has 0 amide bonds. The highest BCUT2D eigenvalue weighted by atomic mass is 19.1. The van der Waals surface area contributed by atoms with Crippen molar-refractivity contribution in [3.8, 4) is 5.75 Å². The van der Waals surface area contributed by atoms with E-state index in [0.717, 1.165) is 11.3 Å². The Morgan fingerprint density at radius 1 is 1.24 bits per heavy atom. The Morgan fingerprint density at radius 2 is 1.95 bits per heavy atom. The van der Waals surface area contributed by atoms with Crippen LogP contribution in [0.15, 0.2) is 42.5 Å². The van der Waals surface area contributed by atoms with Crippen LogP contribution in [-0.2, 0) is 0 Å². The van der Waals surface area contributed by atoms with E-state index >= 15 is 0 Å². The van der Waals surface area contributed by atoms with Gasteiger partial charge in [0.15, 0.2) is 11.6 Å². The summed E-state index contributed by atoms with van der Waals surface area (Å²) in [6.07, 6.45) is 0. The Balaban J connectivity index is 2.12. The summed E-state index contributed by atoms with van der Waals surface area (Å²) < 4.78 is 18.7. The van der Waals surface area contributed by atoms with E-state index in [0.29, 0.717) is 6.54 Å². The molecule has 0 saturated carbocycles. The highest BCUT2D eigenvalue weighted by Crippen LogP contribution is 2.23. The number of hydrogen-bond donors (Lipinski definition) is 1. The number of likely N-dealkylation sites (N-methyl/N-ethyl adjacent to an activating group) is 1. The summed E-state index contributed by atoms with van der Waals surface area (Å²) >= 11 is 0. The maximum absolute atomic E-state index is 13.7. The van der Waals surface area contributed by atoms with Crippen molar-refractivity contribution in [2.24, 2.45) is 5.73 Å². The number of nitrogens with two attached hydrogens (primary N) is 1. The second-order valence-electron chi connectivity index (χ2n) is 5.17. The van der Waals surface area contributed by atoms with Gasteiger partial charge in [0.1, 0.15) is 0 Å². The molecule has 0 saturated heterocycles. The van der Waals surface area contributed by atoms with Crippen LogP contribution in [0.1, 0.15) is 17.2 Å². The molecule has 0 aliphatic rings. The van der Waals surface area contributed by atoms with Gasteiger partial charge in [0.25, 0.3) is 0 Å². The van der Waals surface area contributed by atoms with E-state index < -0.39 is 0 Å². The van der Waals surface area contributed by atoms with Crippen LogP contribution in [0.25, 0.3) is 0 Å². The predicted octanol–water partition coefficient (Wildman–Crippen LogP) is 3.28. The number of anilines is 1. The monoisotopic (exact) mass is 288 g/mol. The molecule has 2 aromatic carbocycles. The minimum absolute atomic E-state index is 0.234. The highest BCUT2D eigenvalue weighted by molar-refractivity contribution is 5.52. The predicted molar refractivity (Wildman–Crippen MR) is 84.3 cm³/mol. The van der Waals surface area contributed by atoms with Gasteiger partial charge >= 0.3 is 0 Å². The number of hydrogen-bond acceptors (Lipinski definition) is 3. The minimum Gasteiger partial charge on any atom is -0.494 e. The van der Waals surface area contributed by atoms with Gasteiger partial charge in [0.2, 0.25) is 0 Å². The molecule has 0 aliphatic carbocycles. The van der Waals surface area contributed by atoms with Crippen LogP contribution in [0.2, 0.25) is 0 Å². The van der Waals surface area contributed by atoms with Crippen LogP contribution in [0.5, 0.6) is 5.75 Å². The maximum atomic E-state index is 13.7. The van der Waals surface area contributed by atoms with Crippen molar-refractivity contribution in [2.75, 3.05) is 25.6 Å². The summed E-state index contributed by atoms with van der Waals surface area (Å²) in [6, 6.07) is 12.7. The molecule has 0 aliphatic heterocycles. The first-order valence-electron chi connectivity index (χ1n) is 6.88. The number of benzene rings is 2. The Hall–Kier alpha value is -2.07. The summed E-state index contributed by atoms with van der Waals surface area (Å²) in [5.41, 5.74) is 9.27. The number of methoxy groups -OCH3 is 1. The van der Waals surface area contributed by atoms with Gasteiger partial charge < -0.3 is 15.4 Å². The molecule has 0 heterocycles. The third-order valence-corrected chi connectivity index (χ3v) is 3.60. The van der Waals surface area contributed by atoms with Gasteiger partial charge in [-0.1, -0.05) is 24.3 Å². The van der Waals surface area contributed by atoms with Crippen molar-refractivity contribution in [1.29, 1.82) is 0 Å². The lowest BCUT2D eigenvalue weighted by atomic mass is 10.1. The number of aryl methyl sites for hydroxylation is 1. The molecule has 0 spiro atoms. The maximum Gasteiger partial charge on any atom is 0.165 e. The largest absolute Gasteiger partial charge is 0.494 e. The molecule has 0 aromatic heterocycles. The van der Waals surface area contributed by atoms with Crippen LogP contribution in [0.3, 0.4) is 0 Å². The van der Waals surface area contributed by atoms with Gasteiger partial charge in [0.05, 0.1) is 7.11 Å². The second-order valence-corrected chi connectivity index (χ2v) is 5.17. The summed E-state index contributed by atoms with van der Waals surface area (Å²) in [4.78, 5) is 2.09. The molecule has 2 rings (SSSR count). The fourth-order valence-electron chi connectivity index (χ4n) is 2.40. The Morgan fingerprint density at radius 3 is 2.57 bits per heavy atom. The molecule has 3 nitrogen and oxygen atoms in total. The molecule has 21 heavy (non-hydrogen) atoms. The molecule has 0 radical (unpaired) electrons. The molecule has 2 N–H and O–H groups in total. The first-order chi connectivity index (χ1) is 10.0. The fourth-order valence-corrected chi connectivity index (χ4v) is 2.40. The number of rotatable bonds is 5. The van der Waals surface area contributed by atoms with Crippen molar-refractivity contribution >= 4 is 5.69 Å².